The molecule has 1 rings (SSSR count). The average molecular weight is 294 g/mol. The number of aliphatic hydroxyl groups excluding tert-OH is 1. The zero-order valence-corrected chi connectivity index (χ0v) is 12.3. The summed E-state index contributed by atoms with van der Waals surface area (Å²) in [7, 11) is 0. The second kappa shape index (κ2) is 7.08. The van der Waals surface area contributed by atoms with Crippen LogP contribution in [-0.4, -0.2) is 30.1 Å². The number of carbonyl (C=O) groups excluding carboxylic acids is 2. The minimum absolute atomic E-state index is 0.00846. The predicted octanol–water partition coefficient (Wildman–Crippen LogP) is 0.723. The lowest BCUT2D eigenvalue weighted by molar-refractivity contribution is -0.125. The van der Waals surface area contributed by atoms with Crippen molar-refractivity contribution < 1.29 is 14.7 Å². The molecule has 0 atom stereocenters. The number of rotatable bonds is 5. The Balaban J connectivity index is 2.73. The first kappa shape index (κ1) is 16.2. The van der Waals surface area contributed by atoms with E-state index < -0.39 is 11.3 Å². The molecule has 0 radical (unpaired) electrons. The molecule has 1 heterocycles. The van der Waals surface area contributed by atoms with Crippen LogP contribution in [0.4, 0.5) is 0 Å². The van der Waals surface area contributed by atoms with Crippen LogP contribution in [0.3, 0.4) is 0 Å². The van der Waals surface area contributed by atoms with Crippen molar-refractivity contribution in [1.82, 2.24) is 5.32 Å². The van der Waals surface area contributed by atoms with Gasteiger partial charge in [-0.05, 0) is 25.3 Å². The summed E-state index contributed by atoms with van der Waals surface area (Å²) in [6, 6.07) is 1.75. The van der Waals surface area contributed by atoms with E-state index >= 15 is 0 Å². The summed E-state index contributed by atoms with van der Waals surface area (Å²) in [6.07, 6.45) is 0.367. The molecule has 0 unspecified atom stereocenters. The van der Waals surface area contributed by atoms with Crippen molar-refractivity contribution >= 4 is 23.2 Å². The Bertz CT molecular complexity index is 552. The summed E-state index contributed by atoms with van der Waals surface area (Å²) < 4.78 is 0. The van der Waals surface area contributed by atoms with Crippen LogP contribution in [0.5, 0.6) is 0 Å². The van der Waals surface area contributed by atoms with E-state index in [0.717, 1.165) is 0 Å². The molecular weight excluding hydrogens is 276 g/mol. The highest BCUT2D eigenvalue weighted by molar-refractivity contribution is 7.12. The maximum Gasteiger partial charge on any atom is 0.262 e. The Kier molecular flexibility index (Phi) is 5.74. The smallest absolute Gasteiger partial charge is 0.262 e. The van der Waals surface area contributed by atoms with Gasteiger partial charge in [-0.2, -0.15) is 0 Å². The van der Waals surface area contributed by atoms with E-state index in [4.69, 9.17) is 10.8 Å². The summed E-state index contributed by atoms with van der Waals surface area (Å²) >= 11 is 1.28. The lowest BCUT2D eigenvalue weighted by Gasteiger charge is -2.20. The van der Waals surface area contributed by atoms with Gasteiger partial charge in [-0.15, -0.1) is 11.3 Å². The third-order valence-corrected chi connectivity index (χ3v) is 3.60. The summed E-state index contributed by atoms with van der Waals surface area (Å²) in [5, 5.41) is 13.1. The number of nitrogens with one attached hydrogen (secondary N) is 1. The minimum Gasteiger partial charge on any atom is -0.395 e. The molecule has 2 amide bonds. The Morgan fingerprint density at radius 3 is 2.80 bits per heavy atom. The van der Waals surface area contributed by atoms with Gasteiger partial charge in [0.15, 0.2) is 0 Å². The van der Waals surface area contributed by atoms with Gasteiger partial charge in [0.2, 0.25) is 5.91 Å². The van der Waals surface area contributed by atoms with Crippen LogP contribution in [0.1, 0.15) is 35.5 Å². The molecule has 1 aromatic heterocycles. The van der Waals surface area contributed by atoms with Crippen molar-refractivity contribution in [3.63, 3.8) is 0 Å². The number of hydrogen-bond acceptors (Lipinski definition) is 4. The van der Waals surface area contributed by atoms with E-state index in [1.54, 1.807) is 25.3 Å². The molecule has 4 N–H and O–H groups in total. The third kappa shape index (κ3) is 4.37. The topological polar surface area (TPSA) is 92.4 Å². The normalized spacial score (nSPS) is 10.6. The molecule has 20 heavy (non-hydrogen) atoms. The third-order valence-electron chi connectivity index (χ3n) is 2.69. The van der Waals surface area contributed by atoms with Crippen molar-refractivity contribution in [1.29, 1.82) is 0 Å². The number of thiophene rings is 1. The molecule has 0 fully saturated rings. The molecule has 6 heteroatoms. The second-order valence-electron chi connectivity index (χ2n) is 4.87. The van der Waals surface area contributed by atoms with Crippen molar-refractivity contribution in [2.75, 3.05) is 13.2 Å². The standard InChI is InChI=1S/C14H18N2O3S/c1-14(2,13(15)19)9-16-12(18)11-10(6-8-20-11)5-3-4-7-17/h6,8,17H,4,7,9H2,1-2H3,(H2,15,19)(H,16,18). The van der Waals surface area contributed by atoms with Crippen LogP contribution >= 0.6 is 11.3 Å². The fourth-order valence-corrected chi connectivity index (χ4v) is 2.03. The molecule has 0 saturated heterocycles. The minimum atomic E-state index is -0.796. The Labute approximate surface area is 122 Å². The van der Waals surface area contributed by atoms with Crippen LogP contribution < -0.4 is 11.1 Å². The summed E-state index contributed by atoms with van der Waals surface area (Å²) in [5.41, 5.74) is 5.08. The van der Waals surface area contributed by atoms with E-state index in [0.29, 0.717) is 16.9 Å². The van der Waals surface area contributed by atoms with Gasteiger partial charge in [-0.1, -0.05) is 11.8 Å². The zero-order valence-electron chi connectivity index (χ0n) is 11.5. The van der Waals surface area contributed by atoms with Gasteiger partial charge in [-0.3, -0.25) is 9.59 Å². The molecule has 1 aromatic rings. The van der Waals surface area contributed by atoms with Crippen molar-refractivity contribution in [2.45, 2.75) is 20.3 Å². The Morgan fingerprint density at radius 2 is 2.20 bits per heavy atom. The van der Waals surface area contributed by atoms with Gasteiger partial charge in [0, 0.05) is 18.5 Å². The van der Waals surface area contributed by atoms with Crippen molar-refractivity contribution in [2.24, 2.45) is 11.1 Å². The second-order valence-corrected chi connectivity index (χ2v) is 5.79. The number of carbonyl (C=O) groups is 2. The van der Waals surface area contributed by atoms with Crippen molar-refractivity contribution in [3.8, 4) is 11.8 Å². The number of amides is 2. The summed E-state index contributed by atoms with van der Waals surface area (Å²) in [4.78, 5) is 23.7. The van der Waals surface area contributed by atoms with E-state index in [9.17, 15) is 9.59 Å². The van der Waals surface area contributed by atoms with Gasteiger partial charge < -0.3 is 16.2 Å². The molecule has 0 aliphatic carbocycles. The zero-order chi connectivity index (χ0) is 15.2. The van der Waals surface area contributed by atoms with Crippen LogP contribution in [0.15, 0.2) is 11.4 Å². The average Bonchev–Trinajstić information content (AvgIpc) is 2.84. The predicted molar refractivity (Wildman–Crippen MR) is 78.2 cm³/mol. The quantitative estimate of drug-likeness (QED) is 0.699. The number of primary amides is 1. The largest absolute Gasteiger partial charge is 0.395 e. The maximum atomic E-state index is 12.1. The highest BCUT2D eigenvalue weighted by Gasteiger charge is 2.26. The maximum absolute atomic E-state index is 12.1. The lowest BCUT2D eigenvalue weighted by Crippen LogP contribution is -2.42. The van der Waals surface area contributed by atoms with Gasteiger partial charge >= 0.3 is 0 Å². The molecule has 0 aliphatic heterocycles. The molecule has 5 nitrogen and oxygen atoms in total. The molecular formula is C14H18N2O3S. The fraction of sp³-hybridized carbons (Fsp3) is 0.429. The van der Waals surface area contributed by atoms with Crippen LogP contribution in [-0.2, 0) is 4.79 Å². The van der Waals surface area contributed by atoms with Gasteiger partial charge in [-0.25, -0.2) is 0 Å². The van der Waals surface area contributed by atoms with Gasteiger partial charge in [0.1, 0.15) is 4.88 Å². The van der Waals surface area contributed by atoms with Crippen LogP contribution in [0, 0.1) is 17.3 Å². The SMILES string of the molecule is CC(C)(CNC(=O)c1sccc1C#CCCO)C(N)=O. The number of nitrogens with two attached hydrogens (primary N) is 1. The fourth-order valence-electron chi connectivity index (χ4n) is 1.27. The van der Waals surface area contributed by atoms with E-state index in [2.05, 4.69) is 17.2 Å². The monoisotopic (exact) mass is 294 g/mol. The summed E-state index contributed by atoms with van der Waals surface area (Å²) in [5.74, 6) is 4.88. The molecule has 0 aliphatic rings. The van der Waals surface area contributed by atoms with E-state index in [1.165, 1.54) is 11.3 Å². The molecule has 0 spiro atoms. The van der Waals surface area contributed by atoms with E-state index in [1.807, 2.05) is 0 Å². The van der Waals surface area contributed by atoms with Crippen LogP contribution in [0.2, 0.25) is 0 Å². The van der Waals surface area contributed by atoms with Crippen molar-refractivity contribution in [3.05, 3.63) is 21.9 Å². The molecule has 0 bridgehead atoms. The first-order valence-electron chi connectivity index (χ1n) is 6.14. The first-order valence-corrected chi connectivity index (χ1v) is 7.02. The molecule has 0 saturated carbocycles. The first-order chi connectivity index (χ1) is 9.38. The van der Waals surface area contributed by atoms with E-state index in [-0.39, 0.29) is 19.1 Å². The molecule has 108 valence electrons. The Hall–Kier alpha value is -1.84. The number of hydrogen-bond donors (Lipinski definition) is 3. The van der Waals surface area contributed by atoms with Crippen LogP contribution in [0.25, 0.3) is 0 Å². The highest BCUT2D eigenvalue weighted by Crippen LogP contribution is 2.17. The Morgan fingerprint density at radius 1 is 1.50 bits per heavy atom. The van der Waals surface area contributed by atoms with Gasteiger partial charge in [0.05, 0.1) is 12.0 Å². The highest BCUT2D eigenvalue weighted by atomic mass is 32.1. The van der Waals surface area contributed by atoms with Gasteiger partial charge in [0.25, 0.3) is 5.91 Å². The molecule has 0 aromatic carbocycles. The lowest BCUT2D eigenvalue weighted by atomic mass is 9.93. The summed E-state index contributed by atoms with van der Waals surface area (Å²) in [6.45, 7) is 3.51. The number of aliphatic hydroxyl groups is 1.